The fourth-order valence-corrected chi connectivity index (χ4v) is 2.55. The van der Waals surface area contributed by atoms with Crippen molar-refractivity contribution in [2.45, 2.75) is 12.8 Å². The molecule has 23 heavy (non-hydrogen) atoms. The fourth-order valence-electron chi connectivity index (χ4n) is 2.33. The van der Waals surface area contributed by atoms with Gasteiger partial charge >= 0.3 is 0 Å². The zero-order valence-electron chi connectivity index (χ0n) is 13.0. The summed E-state index contributed by atoms with van der Waals surface area (Å²) in [7, 11) is 3.68. The Morgan fingerprint density at radius 1 is 1.35 bits per heavy atom. The highest BCUT2D eigenvalue weighted by atomic mass is 35.5. The van der Waals surface area contributed by atoms with Gasteiger partial charge in [0.2, 0.25) is 0 Å². The van der Waals surface area contributed by atoms with Gasteiger partial charge in [-0.1, -0.05) is 17.7 Å². The van der Waals surface area contributed by atoms with E-state index in [9.17, 15) is 0 Å². The second-order valence-electron chi connectivity index (χ2n) is 5.36. The van der Waals surface area contributed by atoms with Crippen LogP contribution in [0.5, 0.6) is 5.75 Å². The van der Waals surface area contributed by atoms with Crippen molar-refractivity contribution in [2.75, 3.05) is 12.8 Å². The van der Waals surface area contributed by atoms with E-state index >= 15 is 0 Å². The van der Waals surface area contributed by atoms with Crippen LogP contribution in [-0.2, 0) is 7.05 Å². The van der Waals surface area contributed by atoms with E-state index in [4.69, 9.17) is 22.2 Å². The molecule has 0 radical (unpaired) electrons. The largest absolute Gasteiger partial charge is 0.381 e. The van der Waals surface area contributed by atoms with E-state index in [0.717, 1.165) is 34.7 Å². The second-order valence-corrected chi connectivity index (χ2v) is 5.84. The van der Waals surface area contributed by atoms with E-state index in [0.29, 0.717) is 11.6 Å². The predicted octanol–water partition coefficient (Wildman–Crippen LogP) is 3.09. The number of anilines is 1. The molecule has 0 spiro atoms. The van der Waals surface area contributed by atoms with Crippen LogP contribution < -0.4 is 10.6 Å². The molecule has 120 valence electrons. The Labute approximate surface area is 139 Å². The van der Waals surface area contributed by atoms with Crippen LogP contribution in [0.2, 0.25) is 0 Å². The molecule has 0 atom stereocenters. The maximum atomic E-state index is 6.09. The highest BCUT2D eigenvalue weighted by Crippen LogP contribution is 2.29. The molecule has 0 amide bonds. The molecule has 3 rings (SSSR count). The topological polar surface area (TPSA) is 69.2 Å². The summed E-state index contributed by atoms with van der Waals surface area (Å²) in [6.07, 6.45) is 11.1. The Morgan fingerprint density at radius 3 is 2.87 bits per heavy atom. The Bertz CT molecular complexity index is 781. The second kappa shape index (κ2) is 6.34. The van der Waals surface area contributed by atoms with Crippen molar-refractivity contribution in [1.82, 2.24) is 19.8 Å². The first-order chi connectivity index (χ1) is 11.0. The lowest BCUT2D eigenvalue weighted by molar-refractivity contribution is 0.0103. The summed E-state index contributed by atoms with van der Waals surface area (Å²) >= 11 is 6.09. The molecule has 0 unspecified atom stereocenters. The first-order valence-electron chi connectivity index (χ1n) is 7.25. The van der Waals surface area contributed by atoms with Gasteiger partial charge in [0.05, 0.1) is 11.9 Å². The third-order valence-electron chi connectivity index (χ3n) is 3.56. The van der Waals surface area contributed by atoms with Crippen molar-refractivity contribution in [3.63, 3.8) is 0 Å². The number of rotatable bonds is 4. The molecule has 1 aliphatic carbocycles. The van der Waals surface area contributed by atoms with Crippen LogP contribution in [0.4, 0.5) is 5.82 Å². The van der Waals surface area contributed by atoms with Gasteiger partial charge in [-0.15, -0.1) is 0 Å². The van der Waals surface area contributed by atoms with Gasteiger partial charge in [0.15, 0.2) is 11.6 Å². The summed E-state index contributed by atoms with van der Waals surface area (Å²) in [6, 6.07) is 1.85. The molecule has 2 N–H and O–H groups in total. The monoisotopic (exact) mass is 331 g/mol. The lowest BCUT2D eigenvalue weighted by atomic mass is 10.1. The first-order valence-corrected chi connectivity index (χ1v) is 7.63. The van der Waals surface area contributed by atoms with Gasteiger partial charge in [0.25, 0.3) is 0 Å². The van der Waals surface area contributed by atoms with Crippen LogP contribution in [0.3, 0.4) is 0 Å². The third-order valence-corrected chi connectivity index (χ3v) is 3.86. The van der Waals surface area contributed by atoms with Crippen LogP contribution >= 0.6 is 11.6 Å². The quantitative estimate of drug-likeness (QED) is 0.872. The van der Waals surface area contributed by atoms with E-state index in [1.54, 1.807) is 22.1 Å². The molecule has 7 heteroatoms. The number of aryl methyl sites for hydroxylation is 1. The molecular formula is C16H18ClN5O. The summed E-state index contributed by atoms with van der Waals surface area (Å²) in [5.74, 6) is 0.820. The average Bonchev–Trinajstić information content (AvgIpc) is 2.96. The van der Waals surface area contributed by atoms with Gasteiger partial charge in [0.1, 0.15) is 0 Å². The first kappa shape index (κ1) is 15.4. The molecule has 2 aromatic rings. The number of nitrogens with zero attached hydrogens (tertiary/aromatic N) is 4. The van der Waals surface area contributed by atoms with Crippen LogP contribution in [0, 0.1) is 0 Å². The van der Waals surface area contributed by atoms with Crippen LogP contribution in [-0.4, -0.2) is 26.9 Å². The molecule has 6 nitrogen and oxygen atoms in total. The number of pyridine rings is 1. The van der Waals surface area contributed by atoms with E-state index in [1.165, 1.54) is 0 Å². The summed E-state index contributed by atoms with van der Waals surface area (Å²) in [6.45, 7) is 0. The summed E-state index contributed by atoms with van der Waals surface area (Å²) < 4.78 is 1.73. The van der Waals surface area contributed by atoms with Crippen molar-refractivity contribution < 1.29 is 4.84 Å². The van der Waals surface area contributed by atoms with Gasteiger partial charge in [-0.25, -0.2) is 10.0 Å². The Kier molecular flexibility index (Phi) is 4.25. The number of hydroxylamine groups is 2. The SMILES string of the molecule is CN(Oc1cc(-c2cnn(C)c2)cnc1N)C1=CCCC(Cl)=C1. The summed E-state index contributed by atoms with van der Waals surface area (Å²) in [5.41, 5.74) is 8.67. The molecule has 0 fully saturated rings. The standard InChI is InChI=1S/C16H18ClN5O/c1-21-10-12(9-20-21)11-6-15(16(18)19-8-11)23-22(2)14-5-3-4-13(17)7-14/h5-10H,3-4H2,1-2H3,(H2,18,19). The highest BCUT2D eigenvalue weighted by Gasteiger charge is 2.13. The molecule has 2 heterocycles. The van der Waals surface area contributed by atoms with Crippen molar-refractivity contribution >= 4 is 17.4 Å². The summed E-state index contributed by atoms with van der Waals surface area (Å²) in [5, 5.41) is 6.62. The van der Waals surface area contributed by atoms with Gasteiger partial charge in [-0.05, 0) is 25.0 Å². The smallest absolute Gasteiger partial charge is 0.197 e. The third kappa shape index (κ3) is 3.48. The number of halogens is 1. The number of aromatic nitrogens is 3. The lowest BCUT2D eigenvalue weighted by Gasteiger charge is -2.23. The molecule has 1 aliphatic rings. The minimum absolute atomic E-state index is 0.330. The number of likely N-dealkylation sites (N-methyl/N-ethyl adjacent to an activating group) is 1. The number of nitrogens with two attached hydrogens (primary N) is 1. The fraction of sp³-hybridized carbons (Fsp3) is 0.250. The molecule has 0 saturated carbocycles. The number of hydrogen-bond donors (Lipinski definition) is 1. The van der Waals surface area contributed by atoms with Crippen LogP contribution in [0.1, 0.15) is 12.8 Å². The number of hydrogen-bond acceptors (Lipinski definition) is 5. The van der Waals surface area contributed by atoms with Gasteiger partial charge in [0, 0.05) is 42.6 Å². The van der Waals surface area contributed by atoms with Crippen LogP contribution in [0.15, 0.2) is 47.5 Å². The Balaban J connectivity index is 1.83. The minimum atomic E-state index is 0.330. The maximum absolute atomic E-state index is 6.09. The average molecular weight is 332 g/mol. The van der Waals surface area contributed by atoms with E-state index in [-0.39, 0.29) is 0 Å². The zero-order chi connectivity index (χ0) is 16.4. The molecule has 0 aliphatic heterocycles. The van der Waals surface area contributed by atoms with Crippen molar-refractivity contribution in [3.8, 4) is 16.9 Å². The van der Waals surface area contributed by atoms with E-state index in [2.05, 4.69) is 16.2 Å². The normalized spacial score (nSPS) is 14.2. The minimum Gasteiger partial charge on any atom is -0.381 e. The molecule has 2 aromatic heterocycles. The summed E-state index contributed by atoms with van der Waals surface area (Å²) in [4.78, 5) is 10.1. The van der Waals surface area contributed by atoms with Crippen molar-refractivity contribution in [3.05, 3.63) is 47.5 Å². The predicted molar refractivity (Wildman–Crippen MR) is 90.5 cm³/mol. The molecule has 0 bridgehead atoms. The highest BCUT2D eigenvalue weighted by molar-refractivity contribution is 6.29. The maximum Gasteiger partial charge on any atom is 0.197 e. The van der Waals surface area contributed by atoms with E-state index < -0.39 is 0 Å². The molecule has 0 saturated heterocycles. The van der Waals surface area contributed by atoms with Crippen LogP contribution in [0.25, 0.3) is 11.1 Å². The van der Waals surface area contributed by atoms with Gasteiger partial charge in [-0.3, -0.25) is 4.68 Å². The van der Waals surface area contributed by atoms with Gasteiger partial charge < -0.3 is 10.6 Å². The number of allylic oxidation sites excluding steroid dienone is 3. The molecular weight excluding hydrogens is 314 g/mol. The van der Waals surface area contributed by atoms with Gasteiger partial charge in [-0.2, -0.15) is 5.10 Å². The van der Waals surface area contributed by atoms with Crippen molar-refractivity contribution in [1.29, 1.82) is 0 Å². The number of nitrogen functional groups attached to an aromatic ring is 1. The van der Waals surface area contributed by atoms with E-state index in [1.807, 2.05) is 32.4 Å². The van der Waals surface area contributed by atoms with Crippen molar-refractivity contribution in [2.24, 2.45) is 7.05 Å². The lowest BCUT2D eigenvalue weighted by Crippen LogP contribution is -2.22. The zero-order valence-corrected chi connectivity index (χ0v) is 13.8. The molecule has 0 aromatic carbocycles. The Hall–Kier alpha value is -2.47. The Morgan fingerprint density at radius 2 is 2.17 bits per heavy atom.